The highest BCUT2D eigenvalue weighted by Gasteiger charge is 2.05. The number of rotatable bonds is 1. The molecule has 0 unspecified atom stereocenters. The van der Waals surface area contributed by atoms with Crippen molar-refractivity contribution in [1.82, 2.24) is 0 Å². The minimum absolute atomic E-state index is 0.544. The van der Waals surface area contributed by atoms with Crippen molar-refractivity contribution in [2.45, 2.75) is 20.8 Å². The number of allylic oxidation sites excluding steroid dienone is 1. The van der Waals surface area contributed by atoms with Crippen LogP contribution in [0.4, 0.5) is 0 Å². The molecule has 14 heavy (non-hydrogen) atoms. The zero-order valence-electron chi connectivity index (χ0n) is 8.76. The van der Waals surface area contributed by atoms with E-state index >= 15 is 0 Å². The van der Waals surface area contributed by atoms with Gasteiger partial charge in [-0.15, -0.1) is 0 Å². The predicted octanol–water partition coefficient (Wildman–Crippen LogP) is 2.44. The van der Waals surface area contributed by atoms with Gasteiger partial charge in [-0.1, -0.05) is 17.7 Å². The van der Waals surface area contributed by atoms with Crippen LogP contribution >= 0.6 is 0 Å². The van der Waals surface area contributed by atoms with Crippen molar-refractivity contribution in [3.63, 3.8) is 0 Å². The van der Waals surface area contributed by atoms with Crippen LogP contribution in [-0.4, -0.2) is 0 Å². The molecule has 0 heterocycles. The van der Waals surface area contributed by atoms with E-state index in [0.29, 0.717) is 5.70 Å². The fraction of sp³-hybridized carbons (Fsp3) is 0.250. The van der Waals surface area contributed by atoms with Crippen molar-refractivity contribution in [3.8, 4) is 6.07 Å². The second-order valence-corrected chi connectivity index (χ2v) is 3.50. The maximum absolute atomic E-state index is 8.53. The Morgan fingerprint density at radius 2 is 1.79 bits per heavy atom. The summed E-state index contributed by atoms with van der Waals surface area (Å²) in [6.07, 6.45) is 1.38. The van der Waals surface area contributed by atoms with Crippen LogP contribution in [0.25, 0.3) is 5.70 Å². The molecule has 0 fully saturated rings. The lowest BCUT2D eigenvalue weighted by Gasteiger charge is -2.10. The van der Waals surface area contributed by atoms with Gasteiger partial charge in [-0.3, -0.25) is 0 Å². The first kappa shape index (κ1) is 10.3. The molecule has 2 nitrogen and oxygen atoms in total. The molecule has 0 radical (unpaired) electrons. The Kier molecular flexibility index (Phi) is 2.93. The highest BCUT2D eigenvalue weighted by molar-refractivity contribution is 5.70. The van der Waals surface area contributed by atoms with Crippen LogP contribution in [0.3, 0.4) is 0 Å². The monoisotopic (exact) mass is 186 g/mol. The van der Waals surface area contributed by atoms with E-state index in [1.165, 1.54) is 11.6 Å². The molecule has 72 valence electrons. The molecule has 0 atom stereocenters. The van der Waals surface area contributed by atoms with Gasteiger partial charge in [0.2, 0.25) is 0 Å². The highest BCUT2D eigenvalue weighted by atomic mass is 14.6. The molecule has 2 heteroatoms. The summed E-state index contributed by atoms with van der Waals surface area (Å²) in [6.45, 7) is 6.06. The lowest BCUT2D eigenvalue weighted by molar-refractivity contribution is 1.27. The van der Waals surface area contributed by atoms with Crippen LogP contribution in [0.1, 0.15) is 22.3 Å². The van der Waals surface area contributed by atoms with Gasteiger partial charge in [0.25, 0.3) is 0 Å². The van der Waals surface area contributed by atoms with Crippen molar-refractivity contribution < 1.29 is 0 Å². The number of nitrogens with zero attached hydrogens (tertiary/aromatic N) is 1. The molecule has 0 bridgehead atoms. The van der Waals surface area contributed by atoms with Crippen molar-refractivity contribution in [1.29, 1.82) is 5.26 Å². The van der Waals surface area contributed by atoms with E-state index in [1.807, 2.05) is 26.8 Å². The standard InChI is InChI=1S/C12H14N2/c1-8-6-9(2)12(10(3)7-8)11(14)4-5-13/h4,6-7H,14H2,1-3H3/b11-4-. The van der Waals surface area contributed by atoms with Gasteiger partial charge in [0.05, 0.1) is 6.07 Å². The molecular formula is C12H14N2. The first-order valence-electron chi connectivity index (χ1n) is 4.49. The van der Waals surface area contributed by atoms with Crippen LogP contribution < -0.4 is 5.73 Å². The first-order valence-corrected chi connectivity index (χ1v) is 4.49. The molecule has 0 aromatic heterocycles. The molecule has 0 amide bonds. The van der Waals surface area contributed by atoms with Gasteiger partial charge in [0.1, 0.15) is 0 Å². The molecule has 0 saturated heterocycles. The average molecular weight is 186 g/mol. The third-order valence-electron chi connectivity index (χ3n) is 2.19. The van der Waals surface area contributed by atoms with Crippen LogP contribution in [-0.2, 0) is 0 Å². The van der Waals surface area contributed by atoms with Gasteiger partial charge >= 0.3 is 0 Å². The summed E-state index contributed by atoms with van der Waals surface area (Å²) < 4.78 is 0. The lowest BCUT2D eigenvalue weighted by Crippen LogP contribution is -2.01. The summed E-state index contributed by atoms with van der Waals surface area (Å²) in [5.41, 5.74) is 10.8. The summed E-state index contributed by atoms with van der Waals surface area (Å²) in [5, 5.41) is 8.53. The van der Waals surface area contributed by atoms with E-state index in [2.05, 4.69) is 12.1 Å². The lowest BCUT2D eigenvalue weighted by atomic mass is 9.97. The summed E-state index contributed by atoms with van der Waals surface area (Å²) in [5.74, 6) is 0. The smallest absolute Gasteiger partial charge is 0.0933 e. The molecular weight excluding hydrogens is 172 g/mol. The number of nitriles is 1. The molecule has 1 aromatic carbocycles. The average Bonchev–Trinajstić information content (AvgIpc) is 2.01. The van der Waals surface area contributed by atoms with E-state index < -0.39 is 0 Å². The first-order chi connectivity index (χ1) is 6.56. The summed E-state index contributed by atoms with van der Waals surface area (Å²) in [7, 11) is 0. The van der Waals surface area contributed by atoms with Crippen LogP contribution in [0.5, 0.6) is 0 Å². The number of nitrogens with two attached hydrogens (primary N) is 1. The second-order valence-electron chi connectivity index (χ2n) is 3.50. The van der Waals surface area contributed by atoms with E-state index in [9.17, 15) is 0 Å². The minimum Gasteiger partial charge on any atom is -0.398 e. The minimum atomic E-state index is 0.544. The van der Waals surface area contributed by atoms with E-state index in [0.717, 1.165) is 16.7 Å². The van der Waals surface area contributed by atoms with Crippen molar-refractivity contribution in [2.75, 3.05) is 0 Å². The molecule has 0 saturated carbocycles. The molecule has 0 aliphatic carbocycles. The van der Waals surface area contributed by atoms with Crippen LogP contribution in [0.2, 0.25) is 0 Å². The Hall–Kier alpha value is -1.75. The largest absolute Gasteiger partial charge is 0.398 e. The molecule has 0 spiro atoms. The molecule has 0 aliphatic rings. The fourth-order valence-corrected chi connectivity index (χ4v) is 1.78. The number of hydrogen-bond acceptors (Lipinski definition) is 2. The van der Waals surface area contributed by atoms with Gasteiger partial charge in [-0.05, 0) is 31.9 Å². The topological polar surface area (TPSA) is 49.8 Å². The maximum atomic E-state index is 8.53. The Balaban J connectivity index is 3.37. The van der Waals surface area contributed by atoms with Crippen molar-refractivity contribution >= 4 is 5.70 Å². The van der Waals surface area contributed by atoms with Crippen molar-refractivity contribution in [2.24, 2.45) is 5.73 Å². The summed E-state index contributed by atoms with van der Waals surface area (Å²) in [4.78, 5) is 0. The van der Waals surface area contributed by atoms with Crippen LogP contribution in [0.15, 0.2) is 18.2 Å². The van der Waals surface area contributed by atoms with Gasteiger partial charge in [0, 0.05) is 17.3 Å². The number of hydrogen-bond donors (Lipinski definition) is 1. The Morgan fingerprint density at radius 1 is 1.29 bits per heavy atom. The molecule has 1 aromatic rings. The molecule has 2 N–H and O–H groups in total. The van der Waals surface area contributed by atoms with Gasteiger partial charge in [-0.2, -0.15) is 5.26 Å². The third kappa shape index (κ3) is 1.94. The zero-order valence-corrected chi connectivity index (χ0v) is 8.76. The normalized spacial score (nSPS) is 11.1. The second kappa shape index (κ2) is 3.97. The van der Waals surface area contributed by atoms with E-state index in [-0.39, 0.29) is 0 Å². The highest BCUT2D eigenvalue weighted by Crippen LogP contribution is 2.20. The van der Waals surface area contributed by atoms with Crippen LogP contribution in [0, 0.1) is 32.1 Å². The number of aryl methyl sites for hydroxylation is 3. The SMILES string of the molecule is Cc1cc(C)c(/C(N)=C/C#N)c(C)c1. The molecule has 0 aliphatic heterocycles. The summed E-state index contributed by atoms with van der Waals surface area (Å²) >= 11 is 0. The van der Waals surface area contributed by atoms with E-state index in [4.69, 9.17) is 11.0 Å². The quantitative estimate of drug-likeness (QED) is 0.685. The predicted molar refractivity (Wildman–Crippen MR) is 58.4 cm³/mol. The Labute approximate surface area is 84.7 Å². The van der Waals surface area contributed by atoms with Gasteiger partial charge in [-0.25, -0.2) is 0 Å². The maximum Gasteiger partial charge on any atom is 0.0933 e. The Bertz CT molecular complexity index is 399. The Morgan fingerprint density at radius 3 is 2.21 bits per heavy atom. The zero-order chi connectivity index (χ0) is 10.7. The van der Waals surface area contributed by atoms with Gasteiger partial charge < -0.3 is 5.73 Å². The fourth-order valence-electron chi connectivity index (χ4n) is 1.78. The van der Waals surface area contributed by atoms with Crippen molar-refractivity contribution in [3.05, 3.63) is 40.5 Å². The molecule has 1 rings (SSSR count). The van der Waals surface area contributed by atoms with E-state index in [1.54, 1.807) is 0 Å². The third-order valence-corrected chi connectivity index (χ3v) is 2.19. The van der Waals surface area contributed by atoms with Gasteiger partial charge in [0.15, 0.2) is 0 Å². The summed E-state index contributed by atoms with van der Waals surface area (Å²) in [6, 6.07) is 6.09. The number of benzene rings is 1.